The number of hydrogen-bond acceptors (Lipinski definition) is 5. The molecular weight excluding hydrogens is 268 g/mol. The number of sulfone groups is 1. The van der Waals surface area contributed by atoms with E-state index >= 15 is 0 Å². The van der Waals surface area contributed by atoms with Gasteiger partial charge in [-0.15, -0.1) is 0 Å². The van der Waals surface area contributed by atoms with Gasteiger partial charge in [0.25, 0.3) is 5.91 Å². The van der Waals surface area contributed by atoms with E-state index in [4.69, 9.17) is 4.42 Å². The molecule has 2 heterocycles. The molecule has 2 rings (SSSR count). The number of nitrogens with zero attached hydrogens (tertiary/aromatic N) is 1. The van der Waals surface area contributed by atoms with Gasteiger partial charge in [0, 0.05) is 13.0 Å². The number of carbonyl (C=O) groups excluding carboxylic acids is 1. The van der Waals surface area contributed by atoms with Gasteiger partial charge in [-0.25, -0.2) is 13.4 Å². The molecule has 106 valence electrons. The third kappa shape index (κ3) is 3.15. The van der Waals surface area contributed by atoms with Gasteiger partial charge in [0.2, 0.25) is 5.76 Å². The van der Waals surface area contributed by atoms with Gasteiger partial charge in [-0.2, -0.15) is 0 Å². The summed E-state index contributed by atoms with van der Waals surface area (Å²) < 4.78 is 28.0. The molecule has 1 saturated heterocycles. The second-order valence-electron chi connectivity index (χ2n) is 5.18. The maximum Gasteiger partial charge on any atom is 0.289 e. The van der Waals surface area contributed by atoms with Crippen molar-refractivity contribution in [3.05, 3.63) is 17.3 Å². The van der Waals surface area contributed by atoms with Gasteiger partial charge in [0.1, 0.15) is 0 Å². The number of oxazole rings is 1. The first kappa shape index (κ1) is 14.0. The first-order valence-corrected chi connectivity index (χ1v) is 8.09. The highest BCUT2D eigenvalue weighted by Gasteiger charge is 2.31. The number of rotatable bonds is 3. The predicted molar refractivity (Wildman–Crippen MR) is 69.9 cm³/mol. The molecule has 1 N–H and O–H groups in total. The topological polar surface area (TPSA) is 89.3 Å². The molecule has 0 bridgehead atoms. The summed E-state index contributed by atoms with van der Waals surface area (Å²) in [4.78, 5) is 16.3. The average molecular weight is 286 g/mol. The van der Waals surface area contributed by atoms with Gasteiger partial charge in [-0.1, -0.05) is 13.8 Å². The second-order valence-corrected chi connectivity index (χ2v) is 7.40. The van der Waals surface area contributed by atoms with Gasteiger partial charge in [-0.05, 0) is 12.3 Å². The third-order valence-corrected chi connectivity index (χ3v) is 4.85. The zero-order valence-corrected chi connectivity index (χ0v) is 12.1. The van der Waals surface area contributed by atoms with Crippen molar-refractivity contribution in [1.29, 1.82) is 0 Å². The van der Waals surface area contributed by atoms with Crippen molar-refractivity contribution >= 4 is 15.7 Å². The first-order chi connectivity index (χ1) is 8.78. The predicted octanol–water partition coefficient (Wildman–Crippen LogP) is 1.02. The second kappa shape index (κ2) is 4.96. The van der Waals surface area contributed by atoms with Crippen LogP contribution in [0.1, 0.15) is 48.3 Å². The Morgan fingerprint density at radius 3 is 2.68 bits per heavy atom. The molecule has 6 nitrogen and oxygen atoms in total. The monoisotopic (exact) mass is 286 g/mol. The Bertz CT molecular complexity index is 589. The summed E-state index contributed by atoms with van der Waals surface area (Å²) >= 11 is 0. The van der Waals surface area contributed by atoms with E-state index in [1.165, 1.54) is 0 Å². The number of aromatic nitrogens is 1. The van der Waals surface area contributed by atoms with Crippen LogP contribution in [0.3, 0.4) is 0 Å². The maximum absolute atomic E-state index is 12.1. The summed E-state index contributed by atoms with van der Waals surface area (Å²) in [5.74, 6) is 0.453. The van der Waals surface area contributed by atoms with Gasteiger partial charge in [0.05, 0.1) is 17.2 Å². The zero-order chi connectivity index (χ0) is 14.2. The van der Waals surface area contributed by atoms with E-state index in [1.54, 1.807) is 6.92 Å². The summed E-state index contributed by atoms with van der Waals surface area (Å²) in [5, 5.41) is 2.71. The van der Waals surface area contributed by atoms with Crippen LogP contribution in [-0.4, -0.2) is 36.9 Å². The lowest BCUT2D eigenvalue weighted by atomic mass is 10.1. The summed E-state index contributed by atoms with van der Waals surface area (Å²) in [6.45, 7) is 5.53. The van der Waals surface area contributed by atoms with Gasteiger partial charge < -0.3 is 9.73 Å². The van der Waals surface area contributed by atoms with Crippen LogP contribution in [0, 0.1) is 6.92 Å². The highest BCUT2D eigenvalue weighted by molar-refractivity contribution is 7.91. The number of carbonyl (C=O) groups is 1. The fourth-order valence-corrected chi connectivity index (χ4v) is 3.83. The minimum atomic E-state index is -3.01. The lowest BCUT2D eigenvalue weighted by Gasteiger charge is -2.10. The molecular formula is C12H18N2O4S. The molecule has 19 heavy (non-hydrogen) atoms. The Labute approximate surface area is 112 Å². The van der Waals surface area contributed by atoms with Crippen molar-refractivity contribution < 1.29 is 17.6 Å². The molecule has 0 aliphatic carbocycles. The molecule has 1 atom stereocenters. The lowest BCUT2D eigenvalue weighted by Crippen LogP contribution is -2.35. The van der Waals surface area contributed by atoms with Crippen LogP contribution in [0.25, 0.3) is 0 Å². The van der Waals surface area contributed by atoms with Crippen LogP contribution in [0.5, 0.6) is 0 Å². The molecule has 7 heteroatoms. The molecule has 1 aliphatic rings. The Hall–Kier alpha value is -1.37. The maximum atomic E-state index is 12.1. The third-order valence-electron chi connectivity index (χ3n) is 3.08. The summed E-state index contributed by atoms with van der Waals surface area (Å²) in [5.41, 5.74) is 0.607. The van der Waals surface area contributed by atoms with Crippen LogP contribution in [0.15, 0.2) is 4.42 Å². The highest BCUT2D eigenvalue weighted by atomic mass is 32.2. The largest absolute Gasteiger partial charge is 0.436 e. The summed E-state index contributed by atoms with van der Waals surface area (Å²) in [6.07, 6.45) is 0.457. The molecule has 1 aromatic rings. The standard InChI is InChI=1S/C12H18N2O4S/c1-7(2)10-11(18-8(3)13-10)12(15)14-9-4-5-19(16,17)6-9/h7,9H,4-6H2,1-3H3,(H,14,15). The highest BCUT2D eigenvalue weighted by Crippen LogP contribution is 2.20. The molecule has 0 radical (unpaired) electrons. The Kier molecular flexibility index (Phi) is 3.66. The van der Waals surface area contributed by atoms with E-state index in [0.717, 1.165) is 0 Å². The summed E-state index contributed by atoms with van der Waals surface area (Å²) in [6, 6.07) is -0.331. The van der Waals surface area contributed by atoms with Crippen molar-refractivity contribution in [3.63, 3.8) is 0 Å². The molecule has 0 spiro atoms. The van der Waals surface area contributed by atoms with Crippen LogP contribution in [0.2, 0.25) is 0 Å². The SMILES string of the molecule is Cc1nc(C(C)C)c(C(=O)NC2CCS(=O)(=O)C2)o1. The molecule has 1 unspecified atom stereocenters. The van der Waals surface area contributed by atoms with Gasteiger partial charge in [0.15, 0.2) is 15.7 Å². The number of hydrogen-bond donors (Lipinski definition) is 1. The zero-order valence-electron chi connectivity index (χ0n) is 11.3. The van der Waals surface area contributed by atoms with Crippen molar-refractivity contribution in [2.24, 2.45) is 0 Å². The molecule has 0 aromatic carbocycles. The Morgan fingerprint density at radius 2 is 2.16 bits per heavy atom. The van der Waals surface area contributed by atoms with E-state index in [9.17, 15) is 13.2 Å². The van der Waals surface area contributed by atoms with Crippen molar-refractivity contribution in [2.45, 2.75) is 39.2 Å². The van der Waals surface area contributed by atoms with Crippen LogP contribution in [0.4, 0.5) is 0 Å². The number of aryl methyl sites for hydroxylation is 1. The van der Waals surface area contributed by atoms with Crippen LogP contribution < -0.4 is 5.32 Å². The minimum Gasteiger partial charge on any atom is -0.436 e. The average Bonchev–Trinajstić information content (AvgIpc) is 2.82. The molecule has 1 fully saturated rings. The fraction of sp³-hybridized carbons (Fsp3) is 0.667. The van der Waals surface area contributed by atoms with Crippen LogP contribution in [-0.2, 0) is 9.84 Å². The summed E-state index contributed by atoms with van der Waals surface area (Å²) in [7, 11) is -3.01. The fourth-order valence-electron chi connectivity index (χ4n) is 2.16. The van der Waals surface area contributed by atoms with E-state index in [2.05, 4.69) is 10.3 Å². The van der Waals surface area contributed by atoms with E-state index in [0.29, 0.717) is 18.0 Å². The van der Waals surface area contributed by atoms with Gasteiger partial charge in [-0.3, -0.25) is 4.79 Å². The van der Waals surface area contributed by atoms with E-state index in [-0.39, 0.29) is 35.1 Å². The lowest BCUT2D eigenvalue weighted by molar-refractivity contribution is 0.0910. The normalized spacial score (nSPS) is 21.8. The minimum absolute atomic E-state index is 0.00285. The number of amides is 1. The smallest absolute Gasteiger partial charge is 0.289 e. The van der Waals surface area contributed by atoms with E-state index in [1.807, 2.05) is 13.8 Å². The molecule has 1 amide bonds. The molecule has 1 aliphatic heterocycles. The van der Waals surface area contributed by atoms with Crippen molar-refractivity contribution in [2.75, 3.05) is 11.5 Å². The molecule has 1 aromatic heterocycles. The van der Waals surface area contributed by atoms with Crippen molar-refractivity contribution in [3.8, 4) is 0 Å². The van der Waals surface area contributed by atoms with Crippen LogP contribution >= 0.6 is 0 Å². The Balaban J connectivity index is 2.13. The van der Waals surface area contributed by atoms with Gasteiger partial charge >= 0.3 is 0 Å². The van der Waals surface area contributed by atoms with Crippen molar-refractivity contribution in [1.82, 2.24) is 10.3 Å². The Morgan fingerprint density at radius 1 is 1.47 bits per heavy atom. The van der Waals surface area contributed by atoms with E-state index < -0.39 is 9.84 Å². The quantitative estimate of drug-likeness (QED) is 0.896. The molecule has 0 saturated carbocycles. The first-order valence-electron chi connectivity index (χ1n) is 6.27. The number of nitrogens with one attached hydrogen (secondary N) is 1.